The number of carbonyl (C=O) groups excluding carboxylic acids is 1. The van der Waals surface area contributed by atoms with E-state index in [1.54, 1.807) is 6.92 Å². The molecule has 0 spiro atoms. The average molecular weight is 399 g/mol. The van der Waals surface area contributed by atoms with Gasteiger partial charge < -0.3 is 15.2 Å². The fourth-order valence-corrected chi connectivity index (χ4v) is 3.26. The minimum atomic E-state index is -1.03. The molecular formula is C15H15BrN2O4S. The third-order valence-electron chi connectivity index (χ3n) is 2.94. The molecule has 2 N–H and O–H groups in total. The first kappa shape index (κ1) is 17.4. The van der Waals surface area contributed by atoms with Gasteiger partial charge in [0.05, 0.1) is 21.9 Å². The minimum Gasteiger partial charge on any atom is -0.481 e. The highest BCUT2D eigenvalue weighted by Gasteiger charge is 2.23. The van der Waals surface area contributed by atoms with Crippen molar-refractivity contribution in [3.63, 3.8) is 0 Å². The molecule has 122 valence electrons. The number of benzene rings is 1. The molecule has 1 amide bonds. The number of nitrogens with zero attached hydrogens (tertiary/aromatic N) is 1. The Hall–Kier alpha value is -1.93. The van der Waals surface area contributed by atoms with Crippen LogP contribution in [0.4, 0.5) is 4.79 Å². The lowest BCUT2D eigenvalue weighted by atomic mass is 10.2. The number of carboxylic acids is 1. The Bertz CT molecular complexity index is 671. The first-order valence-electron chi connectivity index (χ1n) is 6.77. The summed E-state index contributed by atoms with van der Waals surface area (Å²) in [6.07, 6.45) is -0.941. The Morgan fingerprint density at radius 3 is 2.65 bits per heavy atom. The molecule has 1 aromatic heterocycles. The van der Waals surface area contributed by atoms with E-state index in [2.05, 4.69) is 26.2 Å². The van der Waals surface area contributed by atoms with Gasteiger partial charge in [0.25, 0.3) is 0 Å². The van der Waals surface area contributed by atoms with E-state index in [-0.39, 0.29) is 13.0 Å². The number of halogens is 1. The van der Waals surface area contributed by atoms with Gasteiger partial charge in [0.1, 0.15) is 11.6 Å². The normalized spacial score (nSPS) is 11.7. The summed E-state index contributed by atoms with van der Waals surface area (Å²) in [5.41, 5.74) is 1.60. The second kappa shape index (κ2) is 8.07. The molecule has 0 saturated carbocycles. The Morgan fingerprint density at radius 1 is 1.39 bits per heavy atom. The van der Waals surface area contributed by atoms with Crippen LogP contribution in [0.2, 0.25) is 0 Å². The van der Waals surface area contributed by atoms with Crippen molar-refractivity contribution in [2.24, 2.45) is 0 Å². The van der Waals surface area contributed by atoms with E-state index in [4.69, 9.17) is 9.84 Å². The van der Waals surface area contributed by atoms with Crippen molar-refractivity contribution in [3.8, 4) is 0 Å². The van der Waals surface area contributed by atoms with Crippen molar-refractivity contribution < 1.29 is 19.4 Å². The number of aryl methyl sites for hydroxylation is 1. The van der Waals surface area contributed by atoms with Crippen LogP contribution < -0.4 is 5.32 Å². The summed E-state index contributed by atoms with van der Waals surface area (Å²) in [5, 5.41) is 12.1. The van der Waals surface area contributed by atoms with Gasteiger partial charge in [-0.2, -0.15) is 0 Å². The third kappa shape index (κ3) is 5.33. The van der Waals surface area contributed by atoms with E-state index in [1.165, 1.54) is 11.3 Å². The predicted molar refractivity (Wildman–Crippen MR) is 89.3 cm³/mol. The van der Waals surface area contributed by atoms with E-state index in [0.717, 1.165) is 15.0 Å². The molecule has 0 aliphatic heterocycles. The van der Waals surface area contributed by atoms with E-state index in [1.807, 2.05) is 30.3 Å². The first-order chi connectivity index (χ1) is 11.0. The highest BCUT2D eigenvalue weighted by molar-refractivity contribution is 9.11. The zero-order chi connectivity index (χ0) is 16.8. The number of amides is 1. The molecule has 6 nitrogen and oxygen atoms in total. The van der Waals surface area contributed by atoms with E-state index >= 15 is 0 Å². The smallest absolute Gasteiger partial charge is 0.408 e. The SMILES string of the molecule is Cc1nc([C@H](CC(=O)O)NC(=O)OCc2ccccc2)sc1Br. The maximum atomic E-state index is 11.9. The first-order valence-corrected chi connectivity index (χ1v) is 8.38. The zero-order valence-electron chi connectivity index (χ0n) is 12.3. The predicted octanol–water partition coefficient (Wildman–Crippen LogP) is 3.66. The summed E-state index contributed by atoms with van der Waals surface area (Å²) in [6, 6.07) is 8.51. The van der Waals surface area contributed by atoms with E-state index < -0.39 is 18.1 Å². The number of nitrogens with one attached hydrogen (secondary N) is 1. The third-order valence-corrected chi connectivity index (χ3v) is 5.06. The van der Waals surface area contributed by atoms with Gasteiger partial charge in [0.2, 0.25) is 0 Å². The van der Waals surface area contributed by atoms with Gasteiger partial charge in [0, 0.05) is 0 Å². The van der Waals surface area contributed by atoms with Crippen LogP contribution in [-0.2, 0) is 16.1 Å². The molecule has 2 rings (SSSR count). The Kier molecular flexibility index (Phi) is 6.12. The van der Waals surface area contributed by atoms with Crippen LogP contribution in [0, 0.1) is 6.92 Å². The molecule has 0 aliphatic carbocycles. The molecule has 23 heavy (non-hydrogen) atoms. The lowest BCUT2D eigenvalue weighted by molar-refractivity contribution is -0.137. The number of aromatic nitrogens is 1. The fraction of sp³-hybridized carbons (Fsp3) is 0.267. The molecule has 0 unspecified atom stereocenters. The maximum absolute atomic E-state index is 11.9. The van der Waals surface area contributed by atoms with Crippen LogP contribution in [0.1, 0.15) is 28.7 Å². The molecule has 1 heterocycles. The van der Waals surface area contributed by atoms with Crippen molar-refractivity contribution in [3.05, 3.63) is 50.4 Å². The Labute approximate surface area is 145 Å². The van der Waals surface area contributed by atoms with Gasteiger partial charge in [-0.05, 0) is 28.4 Å². The van der Waals surface area contributed by atoms with Gasteiger partial charge in [-0.3, -0.25) is 4.79 Å². The largest absolute Gasteiger partial charge is 0.481 e. The van der Waals surface area contributed by atoms with Crippen molar-refractivity contribution in [1.82, 2.24) is 10.3 Å². The summed E-state index contributed by atoms with van der Waals surface area (Å²) < 4.78 is 5.93. The monoisotopic (exact) mass is 398 g/mol. The molecule has 8 heteroatoms. The van der Waals surface area contributed by atoms with Crippen LogP contribution in [-0.4, -0.2) is 22.2 Å². The van der Waals surface area contributed by atoms with Gasteiger partial charge in [-0.15, -0.1) is 11.3 Å². The van der Waals surface area contributed by atoms with Crippen LogP contribution in [0.15, 0.2) is 34.1 Å². The summed E-state index contributed by atoms with van der Waals surface area (Å²) in [7, 11) is 0. The number of rotatable bonds is 6. The molecule has 0 bridgehead atoms. The van der Waals surface area contributed by atoms with Crippen molar-refractivity contribution >= 4 is 39.3 Å². The number of alkyl carbamates (subject to hydrolysis) is 1. The highest BCUT2D eigenvalue weighted by atomic mass is 79.9. The lowest BCUT2D eigenvalue weighted by Crippen LogP contribution is -2.30. The topological polar surface area (TPSA) is 88.5 Å². The van der Waals surface area contributed by atoms with Gasteiger partial charge in [-0.1, -0.05) is 30.3 Å². The summed E-state index contributed by atoms with van der Waals surface area (Å²) in [5.74, 6) is -1.03. The molecule has 0 saturated heterocycles. The number of carbonyl (C=O) groups is 2. The van der Waals surface area contributed by atoms with Gasteiger partial charge in [-0.25, -0.2) is 9.78 Å². The number of hydrogen-bond donors (Lipinski definition) is 2. The Balaban J connectivity index is 1.99. The number of aliphatic carboxylic acids is 1. The van der Waals surface area contributed by atoms with Crippen molar-refractivity contribution in [2.75, 3.05) is 0 Å². The fourth-order valence-electron chi connectivity index (χ4n) is 1.83. The second-order valence-corrected chi connectivity index (χ2v) is 7.12. The van der Waals surface area contributed by atoms with Crippen LogP contribution in [0.5, 0.6) is 0 Å². The van der Waals surface area contributed by atoms with Crippen molar-refractivity contribution in [2.45, 2.75) is 26.0 Å². The molecule has 2 aromatic rings. The standard InChI is InChI=1S/C15H15BrN2O4S/c1-9-13(16)23-14(17-9)11(7-12(19)20)18-15(21)22-8-10-5-3-2-4-6-10/h2-6,11H,7-8H2,1H3,(H,18,21)(H,19,20)/t11-/m0/s1. The maximum Gasteiger partial charge on any atom is 0.408 e. The number of thiazole rings is 1. The molecule has 0 aliphatic rings. The summed E-state index contributed by atoms with van der Waals surface area (Å²) in [4.78, 5) is 27.2. The molecular weight excluding hydrogens is 384 g/mol. The second-order valence-electron chi connectivity index (χ2n) is 4.77. The highest BCUT2D eigenvalue weighted by Crippen LogP contribution is 2.29. The lowest BCUT2D eigenvalue weighted by Gasteiger charge is -2.14. The average Bonchev–Trinajstić information content (AvgIpc) is 2.85. The number of hydrogen-bond acceptors (Lipinski definition) is 5. The van der Waals surface area contributed by atoms with E-state index in [9.17, 15) is 9.59 Å². The summed E-state index contributed by atoms with van der Waals surface area (Å²) >= 11 is 4.64. The molecule has 0 radical (unpaired) electrons. The Morgan fingerprint density at radius 2 is 2.09 bits per heavy atom. The van der Waals surface area contributed by atoms with Crippen LogP contribution in [0.3, 0.4) is 0 Å². The molecule has 1 atom stereocenters. The van der Waals surface area contributed by atoms with Crippen LogP contribution in [0.25, 0.3) is 0 Å². The number of ether oxygens (including phenoxy) is 1. The van der Waals surface area contributed by atoms with Gasteiger partial charge >= 0.3 is 12.1 Å². The van der Waals surface area contributed by atoms with Gasteiger partial charge in [0.15, 0.2) is 0 Å². The minimum absolute atomic E-state index is 0.118. The quantitative estimate of drug-likeness (QED) is 0.774. The van der Waals surface area contributed by atoms with Crippen molar-refractivity contribution in [1.29, 1.82) is 0 Å². The summed E-state index contributed by atoms with van der Waals surface area (Å²) in [6.45, 7) is 1.92. The zero-order valence-corrected chi connectivity index (χ0v) is 14.7. The van der Waals surface area contributed by atoms with E-state index in [0.29, 0.717) is 5.01 Å². The molecule has 0 fully saturated rings. The van der Waals surface area contributed by atoms with Crippen LogP contribution >= 0.6 is 27.3 Å². The molecule has 1 aromatic carbocycles. The number of carboxylic acid groups (broad SMARTS) is 1.